The van der Waals surface area contributed by atoms with Gasteiger partial charge >= 0.3 is 0 Å². The maximum atomic E-state index is 3.95. The van der Waals surface area contributed by atoms with Crippen molar-refractivity contribution in [2.45, 2.75) is 26.3 Å². The van der Waals surface area contributed by atoms with Crippen LogP contribution in [0.25, 0.3) is 0 Å². The Hall–Kier alpha value is -0.790. The molecule has 55 valence electrons. The molecule has 2 heteroatoms. The summed E-state index contributed by atoms with van der Waals surface area (Å²) >= 11 is 0. The molecule has 0 N–H and O–H groups in total. The Bertz CT molecular complexity index is 156. The summed E-state index contributed by atoms with van der Waals surface area (Å²) in [6, 6.07) is 0. The minimum Gasteiger partial charge on any atom is -0.337 e. The summed E-state index contributed by atoms with van der Waals surface area (Å²) in [5.74, 6) is 0. The molecule has 1 rings (SSSR count). The largest absolute Gasteiger partial charge is 0.337 e. The predicted molar refractivity (Wildman–Crippen MR) is 41.4 cm³/mol. The summed E-state index contributed by atoms with van der Waals surface area (Å²) in [6.45, 7) is 3.18. The lowest BCUT2D eigenvalue weighted by Crippen LogP contribution is -1.93. The van der Waals surface area contributed by atoms with Crippen LogP contribution in [0.2, 0.25) is 0 Å². The third-order valence-corrected chi connectivity index (χ3v) is 1.47. The minimum absolute atomic E-state index is 1.09. The molecular weight excluding hydrogens is 124 g/mol. The first-order valence-electron chi connectivity index (χ1n) is 3.67. The van der Waals surface area contributed by atoms with Crippen LogP contribution in [0.3, 0.4) is 0 Å². The average Bonchev–Trinajstić information content (AvgIpc) is 2.41. The van der Waals surface area contributed by atoms with Crippen molar-refractivity contribution in [2.75, 3.05) is 0 Å². The van der Waals surface area contributed by atoms with E-state index in [0.29, 0.717) is 0 Å². The average molecular weight is 137 g/mol. The molecule has 1 aromatic rings. The molecule has 0 fully saturated rings. The van der Waals surface area contributed by atoms with Gasteiger partial charge in [-0.1, -0.05) is 6.92 Å². The van der Waals surface area contributed by atoms with Gasteiger partial charge in [0.2, 0.25) is 0 Å². The van der Waals surface area contributed by atoms with Crippen molar-refractivity contribution in [3.05, 3.63) is 25.1 Å². The van der Waals surface area contributed by atoms with Crippen LogP contribution in [-0.4, -0.2) is 9.55 Å². The van der Waals surface area contributed by atoms with Crippen molar-refractivity contribution < 1.29 is 0 Å². The lowest BCUT2D eigenvalue weighted by Gasteiger charge is -1.98. The second-order valence-electron chi connectivity index (χ2n) is 2.35. The number of unbranched alkanes of at least 4 members (excludes halogenated alkanes) is 2. The highest BCUT2D eigenvalue weighted by atomic mass is 15.0. The zero-order valence-corrected chi connectivity index (χ0v) is 6.33. The Morgan fingerprint density at radius 1 is 1.60 bits per heavy atom. The zero-order valence-electron chi connectivity index (χ0n) is 6.33. The fourth-order valence-electron chi connectivity index (χ4n) is 0.897. The molecule has 0 bridgehead atoms. The standard InChI is InChI=1S/C8H13N2/c1-2-3-4-6-10-7-5-9-8-10/h2,5,7-8H,3-4,6H2,1H3. The van der Waals surface area contributed by atoms with E-state index in [4.69, 9.17) is 0 Å². The van der Waals surface area contributed by atoms with E-state index in [1.807, 2.05) is 18.7 Å². The van der Waals surface area contributed by atoms with Crippen molar-refractivity contribution in [1.82, 2.24) is 9.55 Å². The van der Waals surface area contributed by atoms with Gasteiger partial charge in [-0.3, -0.25) is 0 Å². The normalized spacial score (nSPS) is 10.1. The van der Waals surface area contributed by atoms with Crippen molar-refractivity contribution in [3.63, 3.8) is 0 Å². The Kier molecular flexibility index (Phi) is 3.00. The minimum atomic E-state index is 1.09. The first kappa shape index (κ1) is 7.32. The number of imidazole rings is 1. The second-order valence-corrected chi connectivity index (χ2v) is 2.35. The summed E-state index contributed by atoms with van der Waals surface area (Å²) in [4.78, 5) is 3.95. The molecule has 0 aliphatic carbocycles. The van der Waals surface area contributed by atoms with Crippen molar-refractivity contribution in [1.29, 1.82) is 0 Å². The third-order valence-electron chi connectivity index (χ3n) is 1.47. The van der Waals surface area contributed by atoms with E-state index in [1.165, 1.54) is 12.8 Å². The first-order chi connectivity index (χ1) is 4.93. The van der Waals surface area contributed by atoms with Crippen LogP contribution in [0.1, 0.15) is 19.8 Å². The van der Waals surface area contributed by atoms with Crippen LogP contribution in [-0.2, 0) is 6.54 Å². The van der Waals surface area contributed by atoms with E-state index >= 15 is 0 Å². The molecule has 0 atom stereocenters. The lowest BCUT2D eigenvalue weighted by atomic mass is 10.2. The van der Waals surface area contributed by atoms with Gasteiger partial charge in [0.25, 0.3) is 0 Å². The first-order valence-corrected chi connectivity index (χ1v) is 3.67. The number of hydrogen-bond acceptors (Lipinski definition) is 1. The van der Waals surface area contributed by atoms with E-state index in [1.54, 1.807) is 0 Å². The number of hydrogen-bond donors (Lipinski definition) is 0. The van der Waals surface area contributed by atoms with Crippen molar-refractivity contribution >= 4 is 0 Å². The molecule has 0 saturated heterocycles. The van der Waals surface area contributed by atoms with Gasteiger partial charge in [-0.05, 0) is 19.3 Å². The van der Waals surface area contributed by atoms with Crippen LogP contribution in [0, 0.1) is 6.42 Å². The fraction of sp³-hybridized carbons (Fsp3) is 0.500. The fourth-order valence-corrected chi connectivity index (χ4v) is 0.897. The highest BCUT2D eigenvalue weighted by Crippen LogP contribution is 1.96. The van der Waals surface area contributed by atoms with Crippen LogP contribution in [0.5, 0.6) is 0 Å². The van der Waals surface area contributed by atoms with Gasteiger partial charge in [0.05, 0.1) is 6.33 Å². The molecule has 0 aromatic carbocycles. The van der Waals surface area contributed by atoms with Crippen LogP contribution < -0.4 is 0 Å². The molecule has 0 aliphatic heterocycles. The number of aryl methyl sites for hydroxylation is 1. The molecule has 1 radical (unpaired) electrons. The summed E-state index contributed by atoms with van der Waals surface area (Å²) in [6.07, 6.45) is 10.3. The molecule has 0 unspecified atom stereocenters. The number of aromatic nitrogens is 2. The topological polar surface area (TPSA) is 17.8 Å². The van der Waals surface area contributed by atoms with E-state index in [2.05, 4.69) is 22.9 Å². The van der Waals surface area contributed by atoms with Gasteiger partial charge in [-0.15, -0.1) is 0 Å². The Balaban J connectivity index is 2.15. The molecule has 10 heavy (non-hydrogen) atoms. The van der Waals surface area contributed by atoms with E-state index in [-0.39, 0.29) is 0 Å². The maximum Gasteiger partial charge on any atom is 0.0945 e. The Labute approximate surface area is 61.9 Å². The van der Waals surface area contributed by atoms with Crippen LogP contribution in [0.15, 0.2) is 18.7 Å². The lowest BCUT2D eigenvalue weighted by molar-refractivity contribution is 0.638. The molecule has 0 spiro atoms. The van der Waals surface area contributed by atoms with Crippen LogP contribution in [0.4, 0.5) is 0 Å². The van der Waals surface area contributed by atoms with E-state index < -0.39 is 0 Å². The Morgan fingerprint density at radius 3 is 3.10 bits per heavy atom. The maximum absolute atomic E-state index is 3.95. The Morgan fingerprint density at radius 2 is 2.50 bits per heavy atom. The molecule has 1 aromatic heterocycles. The third kappa shape index (κ3) is 2.21. The van der Waals surface area contributed by atoms with Gasteiger partial charge in [0, 0.05) is 18.9 Å². The SMILES string of the molecule is C[CH]CCCn1ccnc1. The molecule has 2 nitrogen and oxygen atoms in total. The van der Waals surface area contributed by atoms with Crippen molar-refractivity contribution in [2.24, 2.45) is 0 Å². The van der Waals surface area contributed by atoms with E-state index in [9.17, 15) is 0 Å². The van der Waals surface area contributed by atoms with Crippen LogP contribution >= 0.6 is 0 Å². The second kappa shape index (κ2) is 4.09. The zero-order chi connectivity index (χ0) is 7.23. The van der Waals surface area contributed by atoms with Gasteiger partial charge < -0.3 is 4.57 Å². The predicted octanol–water partition coefficient (Wildman–Crippen LogP) is 1.89. The molecule has 1 heterocycles. The van der Waals surface area contributed by atoms with Crippen molar-refractivity contribution in [3.8, 4) is 0 Å². The molecule has 0 saturated carbocycles. The molecular formula is C8H13N2. The smallest absolute Gasteiger partial charge is 0.0945 e. The summed E-state index contributed by atoms with van der Waals surface area (Å²) < 4.78 is 2.10. The number of rotatable bonds is 4. The van der Waals surface area contributed by atoms with Gasteiger partial charge in [-0.25, -0.2) is 4.98 Å². The summed E-state index contributed by atoms with van der Waals surface area (Å²) in [7, 11) is 0. The number of nitrogens with zero attached hydrogens (tertiary/aromatic N) is 2. The van der Waals surface area contributed by atoms with Gasteiger partial charge in [0.15, 0.2) is 0 Å². The summed E-state index contributed by atoms with van der Waals surface area (Å²) in [5, 5.41) is 0. The highest BCUT2D eigenvalue weighted by Gasteiger charge is 1.87. The summed E-state index contributed by atoms with van der Waals surface area (Å²) in [5.41, 5.74) is 0. The van der Waals surface area contributed by atoms with E-state index in [0.717, 1.165) is 6.54 Å². The molecule has 0 aliphatic rings. The van der Waals surface area contributed by atoms with Gasteiger partial charge in [0.1, 0.15) is 0 Å². The van der Waals surface area contributed by atoms with Gasteiger partial charge in [-0.2, -0.15) is 0 Å². The quantitative estimate of drug-likeness (QED) is 0.579. The molecule has 0 amide bonds. The monoisotopic (exact) mass is 137 g/mol. The highest BCUT2D eigenvalue weighted by molar-refractivity contribution is 4.73.